The van der Waals surface area contributed by atoms with E-state index in [9.17, 15) is 9.59 Å². The highest BCUT2D eigenvalue weighted by Gasteiger charge is 2.24. The van der Waals surface area contributed by atoms with Crippen LogP contribution in [0.2, 0.25) is 0 Å². The van der Waals surface area contributed by atoms with E-state index in [2.05, 4.69) is 21.0 Å². The number of guanidine groups is 1. The van der Waals surface area contributed by atoms with Gasteiger partial charge >= 0.3 is 6.09 Å². The van der Waals surface area contributed by atoms with Gasteiger partial charge in [-0.25, -0.2) is 9.79 Å². The van der Waals surface area contributed by atoms with Crippen molar-refractivity contribution in [3.8, 4) is 0 Å². The standard InChI is InChI=1S/C18H29N5O3S/c1-4-26-18(25)23-8-5-15(6-9-23)21-17(20-12-16(24)22(2)3)19-11-14-7-10-27-13-14/h7,10,13,15H,4-6,8-9,11-12H2,1-3H3,(H2,19,20,21). The smallest absolute Gasteiger partial charge is 0.409 e. The summed E-state index contributed by atoms with van der Waals surface area (Å²) in [5.41, 5.74) is 1.14. The Labute approximate surface area is 164 Å². The second-order valence-corrected chi connectivity index (χ2v) is 7.32. The van der Waals surface area contributed by atoms with Crippen LogP contribution in [0.25, 0.3) is 0 Å². The number of thiophene rings is 1. The monoisotopic (exact) mass is 395 g/mol. The Bertz CT molecular complexity index is 625. The molecule has 2 heterocycles. The molecule has 1 aliphatic heterocycles. The summed E-state index contributed by atoms with van der Waals surface area (Å²) in [6.07, 6.45) is 1.36. The molecule has 27 heavy (non-hydrogen) atoms. The van der Waals surface area contributed by atoms with Crippen LogP contribution in [0.5, 0.6) is 0 Å². The van der Waals surface area contributed by atoms with Crippen molar-refractivity contribution >= 4 is 29.3 Å². The molecule has 0 atom stereocenters. The maximum Gasteiger partial charge on any atom is 0.409 e. The molecule has 0 saturated carbocycles. The number of amides is 2. The molecule has 1 aromatic rings. The molecule has 150 valence electrons. The van der Waals surface area contributed by atoms with Crippen molar-refractivity contribution in [2.45, 2.75) is 32.4 Å². The highest BCUT2D eigenvalue weighted by Crippen LogP contribution is 2.12. The quantitative estimate of drug-likeness (QED) is 0.563. The van der Waals surface area contributed by atoms with E-state index in [1.54, 1.807) is 35.2 Å². The lowest BCUT2D eigenvalue weighted by Gasteiger charge is -2.32. The minimum Gasteiger partial charge on any atom is -0.450 e. The summed E-state index contributed by atoms with van der Waals surface area (Å²) in [5, 5.41) is 10.6. The predicted octanol–water partition coefficient (Wildman–Crippen LogP) is 1.49. The normalized spacial score (nSPS) is 15.4. The molecule has 1 saturated heterocycles. The van der Waals surface area contributed by atoms with Crippen LogP contribution in [0.1, 0.15) is 25.3 Å². The fourth-order valence-corrected chi connectivity index (χ4v) is 3.30. The first-order valence-electron chi connectivity index (χ1n) is 9.17. The third kappa shape index (κ3) is 7.09. The molecule has 0 bridgehead atoms. The summed E-state index contributed by atoms with van der Waals surface area (Å²) in [5.74, 6) is 0.600. The number of piperidine rings is 1. The number of nitrogens with one attached hydrogen (secondary N) is 2. The van der Waals surface area contributed by atoms with Crippen molar-refractivity contribution in [2.75, 3.05) is 40.3 Å². The summed E-state index contributed by atoms with van der Waals surface area (Å²) in [4.78, 5) is 31.6. The number of likely N-dealkylation sites (tertiary alicyclic amines) is 1. The van der Waals surface area contributed by atoms with Crippen molar-refractivity contribution in [3.63, 3.8) is 0 Å². The fraction of sp³-hybridized carbons (Fsp3) is 0.611. The predicted molar refractivity (Wildman–Crippen MR) is 107 cm³/mol. The van der Waals surface area contributed by atoms with Gasteiger partial charge in [-0.1, -0.05) is 0 Å². The van der Waals surface area contributed by atoms with Gasteiger partial charge in [-0.15, -0.1) is 0 Å². The van der Waals surface area contributed by atoms with Gasteiger partial charge in [0.25, 0.3) is 0 Å². The third-order valence-electron chi connectivity index (χ3n) is 4.27. The lowest BCUT2D eigenvalue weighted by Crippen LogP contribution is -2.51. The number of hydrogen-bond donors (Lipinski definition) is 2. The number of carbonyl (C=O) groups excluding carboxylic acids is 2. The maximum absolute atomic E-state index is 11.9. The number of nitrogens with zero attached hydrogens (tertiary/aromatic N) is 3. The molecule has 0 aromatic carbocycles. The molecule has 1 fully saturated rings. The van der Waals surface area contributed by atoms with Gasteiger partial charge in [-0.2, -0.15) is 11.3 Å². The Hall–Kier alpha value is -2.29. The van der Waals surface area contributed by atoms with Gasteiger partial charge in [-0.3, -0.25) is 4.79 Å². The van der Waals surface area contributed by atoms with Gasteiger partial charge in [0.1, 0.15) is 0 Å². The first kappa shape index (κ1) is 21.0. The van der Waals surface area contributed by atoms with E-state index in [0.29, 0.717) is 32.2 Å². The van der Waals surface area contributed by atoms with E-state index in [4.69, 9.17) is 4.74 Å². The largest absolute Gasteiger partial charge is 0.450 e. The van der Waals surface area contributed by atoms with Gasteiger partial charge in [0.15, 0.2) is 5.96 Å². The Morgan fingerprint density at radius 1 is 1.37 bits per heavy atom. The van der Waals surface area contributed by atoms with Crippen LogP contribution in [-0.2, 0) is 16.1 Å². The van der Waals surface area contributed by atoms with Crippen LogP contribution in [0.15, 0.2) is 21.8 Å². The van der Waals surface area contributed by atoms with Crippen LogP contribution < -0.4 is 10.6 Å². The molecular weight excluding hydrogens is 366 g/mol. The van der Waals surface area contributed by atoms with Crippen LogP contribution in [0.4, 0.5) is 4.79 Å². The molecule has 0 aliphatic carbocycles. The lowest BCUT2D eigenvalue weighted by molar-refractivity contribution is -0.127. The Morgan fingerprint density at radius 2 is 2.11 bits per heavy atom. The zero-order valence-electron chi connectivity index (χ0n) is 16.2. The zero-order valence-corrected chi connectivity index (χ0v) is 17.1. The molecular formula is C18H29N5O3S. The van der Waals surface area contributed by atoms with E-state index in [1.165, 1.54) is 0 Å². The van der Waals surface area contributed by atoms with E-state index >= 15 is 0 Å². The molecule has 2 rings (SSSR count). The molecule has 2 N–H and O–H groups in total. The van der Waals surface area contributed by atoms with Crippen molar-refractivity contribution in [1.82, 2.24) is 20.4 Å². The van der Waals surface area contributed by atoms with E-state index < -0.39 is 0 Å². The number of rotatable bonds is 6. The molecule has 0 radical (unpaired) electrons. The number of aliphatic imine (C=N–C) groups is 1. The fourth-order valence-electron chi connectivity index (χ4n) is 2.64. The summed E-state index contributed by atoms with van der Waals surface area (Å²) in [7, 11) is 3.45. The second-order valence-electron chi connectivity index (χ2n) is 6.54. The zero-order chi connectivity index (χ0) is 19.6. The highest BCUT2D eigenvalue weighted by molar-refractivity contribution is 7.07. The number of carbonyl (C=O) groups is 2. The van der Waals surface area contributed by atoms with E-state index in [0.717, 1.165) is 18.4 Å². The highest BCUT2D eigenvalue weighted by atomic mass is 32.1. The Morgan fingerprint density at radius 3 is 2.70 bits per heavy atom. The topological polar surface area (TPSA) is 86.3 Å². The molecule has 1 aliphatic rings. The molecule has 2 amide bonds. The second kappa shape index (κ2) is 10.8. The summed E-state index contributed by atoms with van der Waals surface area (Å²) < 4.78 is 5.05. The van der Waals surface area contributed by atoms with Gasteiger partial charge in [0.2, 0.25) is 5.91 Å². The van der Waals surface area contributed by atoms with E-state index in [1.807, 2.05) is 18.4 Å². The van der Waals surface area contributed by atoms with Crippen molar-refractivity contribution < 1.29 is 14.3 Å². The lowest BCUT2D eigenvalue weighted by atomic mass is 10.1. The molecule has 9 heteroatoms. The molecule has 8 nitrogen and oxygen atoms in total. The average molecular weight is 396 g/mol. The summed E-state index contributed by atoms with van der Waals surface area (Å²) >= 11 is 1.64. The number of likely N-dealkylation sites (N-methyl/N-ethyl adjacent to an activating group) is 1. The van der Waals surface area contributed by atoms with Gasteiger partial charge < -0.3 is 25.2 Å². The van der Waals surface area contributed by atoms with Gasteiger partial charge in [-0.05, 0) is 42.2 Å². The molecule has 0 spiro atoms. The summed E-state index contributed by atoms with van der Waals surface area (Å²) in [6.45, 7) is 4.22. The van der Waals surface area contributed by atoms with Gasteiger partial charge in [0, 0.05) is 33.2 Å². The first-order chi connectivity index (χ1) is 13.0. The van der Waals surface area contributed by atoms with Crippen LogP contribution in [0, 0.1) is 0 Å². The van der Waals surface area contributed by atoms with Crippen LogP contribution >= 0.6 is 11.3 Å². The number of ether oxygens (including phenoxy) is 1. The number of hydrogen-bond acceptors (Lipinski definition) is 5. The SMILES string of the molecule is CCOC(=O)N1CCC(NC(=NCc2ccsc2)NCC(=O)N(C)C)CC1. The minimum absolute atomic E-state index is 0.0165. The van der Waals surface area contributed by atoms with Crippen molar-refractivity contribution in [2.24, 2.45) is 4.99 Å². The maximum atomic E-state index is 11.9. The molecule has 1 aromatic heterocycles. The molecule has 0 unspecified atom stereocenters. The first-order valence-corrected chi connectivity index (χ1v) is 10.1. The van der Waals surface area contributed by atoms with Gasteiger partial charge in [0.05, 0.1) is 19.7 Å². The van der Waals surface area contributed by atoms with Crippen LogP contribution in [-0.4, -0.2) is 74.1 Å². The summed E-state index contributed by atoms with van der Waals surface area (Å²) in [6, 6.07) is 2.23. The average Bonchev–Trinajstić information content (AvgIpc) is 3.18. The Kier molecular flexibility index (Phi) is 8.38. The van der Waals surface area contributed by atoms with Crippen LogP contribution in [0.3, 0.4) is 0 Å². The van der Waals surface area contributed by atoms with Crippen molar-refractivity contribution in [3.05, 3.63) is 22.4 Å². The minimum atomic E-state index is -0.253. The van der Waals surface area contributed by atoms with E-state index in [-0.39, 0.29) is 24.6 Å². The third-order valence-corrected chi connectivity index (χ3v) is 5.00. The van der Waals surface area contributed by atoms with Crippen molar-refractivity contribution in [1.29, 1.82) is 0 Å². The Balaban J connectivity index is 1.90.